The van der Waals surface area contributed by atoms with Gasteiger partial charge in [-0.2, -0.15) is 0 Å². The molecule has 0 atom stereocenters. The van der Waals surface area contributed by atoms with Crippen molar-refractivity contribution < 1.29 is 4.79 Å². The largest absolute Gasteiger partial charge is 0.384 e. The summed E-state index contributed by atoms with van der Waals surface area (Å²) in [5.41, 5.74) is 7.26. The minimum atomic E-state index is -0.115. The Bertz CT molecular complexity index is 499. The third kappa shape index (κ3) is 3.11. The first kappa shape index (κ1) is 14.8. The van der Waals surface area contributed by atoms with Crippen LogP contribution in [0.2, 0.25) is 0 Å². The van der Waals surface area contributed by atoms with Crippen LogP contribution in [0.25, 0.3) is 0 Å². The average Bonchev–Trinajstić information content (AvgIpc) is 2.89. The van der Waals surface area contributed by atoms with E-state index in [1.165, 1.54) is 12.8 Å². The van der Waals surface area contributed by atoms with E-state index in [2.05, 4.69) is 25.8 Å². The molecule has 1 fully saturated rings. The smallest absolute Gasteiger partial charge is 0.254 e. The van der Waals surface area contributed by atoms with Crippen molar-refractivity contribution in [1.82, 2.24) is 9.88 Å². The van der Waals surface area contributed by atoms with Gasteiger partial charge in [0.2, 0.25) is 0 Å². The van der Waals surface area contributed by atoms with Gasteiger partial charge in [0.1, 0.15) is 5.82 Å². The molecule has 2 N–H and O–H groups in total. The summed E-state index contributed by atoms with van der Waals surface area (Å²) in [6.45, 7) is 6.22. The molecule has 1 aromatic heterocycles. The van der Waals surface area contributed by atoms with E-state index in [0.29, 0.717) is 17.4 Å². The molecule has 1 saturated carbocycles. The number of carbonyl (C=O) groups is 1. The lowest BCUT2D eigenvalue weighted by Gasteiger charge is -2.25. The molecule has 0 aromatic carbocycles. The molecular weight excluding hydrogens is 250 g/mol. The maximum Gasteiger partial charge on any atom is 0.254 e. The normalized spacial score (nSPS) is 16.4. The van der Waals surface area contributed by atoms with Crippen LogP contribution in [0.4, 0.5) is 5.82 Å². The number of aromatic nitrogens is 1. The lowest BCUT2D eigenvalue weighted by atomic mass is 9.90. The van der Waals surface area contributed by atoms with Crippen molar-refractivity contribution in [3.05, 3.63) is 23.4 Å². The van der Waals surface area contributed by atoms with E-state index < -0.39 is 0 Å². The zero-order chi connectivity index (χ0) is 14.9. The molecule has 110 valence electrons. The number of nitrogens with zero attached hydrogens (tertiary/aromatic N) is 2. The Morgan fingerprint density at radius 2 is 1.90 bits per heavy atom. The third-order valence-corrected chi connectivity index (χ3v) is 4.05. The fourth-order valence-electron chi connectivity index (χ4n) is 2.72. The van der Waals surface area contributed by atoms with E-state index >= 15 is 0 Å². The van der Waals surface area contributed by atoms with Gasteiger partial charge in [-0.3, -0.25) is 4.79 Å². The van der Waals surface area contributed by atoms with E-state index in [1.807, 2.05) is 18.0 Å². The Kier molecular flexibility index (Phi) is 4.02. The maximum atomic E-state index is 12.6. The number of hydrogen-bond donors (Lipinski definition) is 1. The first-order valence-electron chi connectivity index (χ1n) is 7.34. The van der Waals surface area contributed by atoms with Crippen molar-refractivity contribution in [2.75, 3.05) is 12.8 Å². The number of carbonyl (C=O) groups excluding carboxylic acids is 1. The molecule has 1 aliphatic rings. The molecular formula is C16H25N3O. The van der Waals surface area contributed by atoms with Crippen LogP contribution in [0.1, 0.15) is 62.5 Å². The van der Waals surface area contributed by atoms with Gasteiger partial charge in [-0.1, -0.05) is 33.6 Å². The molecule has 1 aromatic rings. The van der Waals surface area contributed by atoms with Crippen LogP contribution in [0.3, 0.4) is 0 Å². The van der Waals surface area contributed by atoms with Gasteiger partial charge in [0.15, 0.2) is 0 Å². The molecule has 0 unspecified atom stereocenters. The second-order valence-electron chi connectivity index (χ2n) is 6.77. The number of nitrogens with two attached hydrogens (primary N) is 1. The summed E-state index contributed by atoms with van der Waals surface area (Å²) in [4.78, 5) is 18.8. The minimum Gasteiger partial charge on any atom is -0.384 e. The van der Waals surface area contributed by atoms with Gasteiger partial charge < -0.3 is 10.6 Å². The Balaban J connectivity index is 2.27. The molecule has 4 heteroatoms. The zero-order valence-corrected chi connectivity index (χ0v) is 12.9. The fraction of sp³-hybridized carbons (Fsp3) is 0.625. The van der Waals surface area contributed by atoms with Crippen LogP contribution in [0, 0.1) is 0 Å². The molecule has 0 spiro atoms. The first-order chi connectivity index (χ1) is 9.29. The number of amides is 1. The Hall–Kier alpha value is -1.58. The Morgan fingerprint density at radius 1 is 1.30 bits per heavy atom. The molecule has 0 bridgehead atoms. The van der Waals surface area contributed by atoms with E-state index in [9.17, 15) is 4.79 Å². The van der Waals surface area contributed by atoms with Crippen LogP contribution in [0.5, 0.6) is 0 Å². The van der Waals surface area contributed by atoms with E-state index in [4.69, 9.17) is 5.73 Å². The van der Waals surface area contributed by atoms with Gasteiger partial charge in [0.25, 0.3) is 5.91 Å². The Morgan fingerprint density at radius 3 is 2.45 bits per heavy atom. The lowest BCUT2D eigenvalue weighted by molar-refractivity contribution is 0.0735. The van der Waals surface area contributed by atoms with E-state index in [-0.39, 0.29) is 11.3 Å². The quantitative estimate of drug-likeness (QED) is 0.902. The Labute approximate surface area is 121 Å². The second-order valence-corrected chi connectivity index (χ2v) is 6.77. The molecule has 0 radical (unpaired) electrons. The third-order valence-electron chi connectivity index (χ3n) is 4.05. The number of rotatable bonds is 2. The fourth-order valence-corrected chi connectivity index (χ4v) is 2.72. The summed E-state index contributed by atoms with van der Waals surface area (Å²) in [6.07, 6.45) is 4.64. The van der Waals surface area contributed by atoms with Crippen molar-refractivity contribution >= 4 is 11.7 Å². The SMILES string of the molecule is CN(C(=O)c1cc(N)nc(C(C)(C)C)c1)C1CCCC1. The predicted octanol–water partition coefficient (Wildman–Crippen LogP) is 2.98. The van der Waals surface area contributed by atoms with Gasteiger partial charge in [-0.15, -0.1) is 0 Å². The summed E-state index contributed by atoms with van der Waals surface area (Å²) < 4.78 is 0. The summed E-state index contributed by atoms with van der Waals surface area (Å²) in [6, 6.07) is 3.93. The van der Waals surface area contributed by atoms with E-state index in [1.54, 1.807) is 6.07 Å². The summed E-state index contributed by atoms with van der Waals surface area (Å²) in [5, 5.41) is 0. The van der Waals surface area contributed by atoms with Crippen LogP contribution >= 0.6 is 0 Å². The number of hydrogen-bond acceptors (Lipinski definition) is 3. The number of anilines is 1. The standard InChI is InChI=1S/C16H25N3O/c1-16(2,3)13-9-11(10-14(17)18-13)15(20)19(4)12-7-5-6-8-12/h9-10,12H,5-8H2,1-4H3,(H2,17,18). The average molecular weight is 275 g/mol. The maximum absolute atomic E-state index is 12.6. The van der Waals surface area contributed by atoms with Gasteiger partial charge in [-0.25, -0.2) is 4.98 Å². The molecule has 1 aliphatic carbocycles. The highest BCUT2D eigenvalue weighted by Crippen LogP contribution is 2.26. The first-order valence-corrected chi connectivity index (χ1v) is 7.34. The minimum absolute atomic E-state index is 0.0523. The summed E-state index contributed by atoms with van der Waals surface area (Å²) in [7, 11) is 1.89. The molecule has 20 heavy (non-hydrogen) atoms. The molecule has 1 amide bonds. The van der Waals surface area contributed by atoms with Gasteiger partial charge >= 0.3 is 0 Å². The van der Waals surface area contributed by atoms with E-state index in [0.717, 1.165) is 18.5 Å². The van der Waals surface area contributed by atoms with Gasteiger partial charge in [0.05, 0.1) is 0 Å². The zero-order valence-electron chi connectivity index (χ0n) is 12.9. The topological polar surface area (TPSA) is 59.2 Å². The molecule has 0 saturated heterocycles. The van der Waals surface area contributed by atoms with Crippen molar-refractivity contribution in [3.8, 4) is 0 Å². The van der Waals surface area contributed by atoms with Crippen LogP contribution in [-0.2, 0) is 5.41 Å². The monoisotopic (exact) mass is 275 g/mol. The van der Waals surface area contributed by atoms with Crippen molar-refractivity contribution in [2.45, 2.75) is 57.9 Å². The number of nitrogen functional groups attached to an aromatic ring is 1. The highest BCUT2D eigenvalue weighted by atomic mass is 16.2. The van der Waals surface area contributed by atoms with Crippen LogP contribution in [0.15, 0.2) is 12.1 Å². The lowest BCUT2D eigenvalue weighted by Crippen LogP contribution is -2.35. The van der Waals surface area contributed by atoms with Crippen molar-refractivity contribution in [3.63, 3.8) is 0 Å². The van der Waals surface area contributed by atoms with Crippen molar-refractivity contribution in [1.29, 1.82) is 0 Å². The highest BCUT2D eigenvalue weighted by molar-refractivity contribution is 5.95. The molecule has 1 heterocycles. The predicted molar refractivity (Wildman–Crippen MR) is 81.7 cm³/mol. The summed E-state index contributed by atoms with van der Waals surface area (Å²) >= 11 is 0. The molecule has 4 nitrogen and oxygen atoms in total. The highest BCUT2D eigenvalue weighted by Gasteiger charge is 2.26. The van der Waals surface area contributed by atoms with Crippen molar-refractivity contribution in [2.24, 2.45) is 0 Å². The molecule has 0 aliphatic heterocycles. The second kappa shape index (κ2) is 5.43. The van der Waals surface area contributed by atoms with Gasteiger partial charge in [-0.05, 0) is 25.0 Å². The summed E-state index contributed by atoms with van der Waals surface area (Å²) in [5.74, 6) is 0.470. The molecule has 2 rings (SSSR count). The van der Waals surface area contributed by atoms with Crippen LogP contribution < -0.4 is 5.73 Å². The van der Waals surface area contributed by atoms with Crippen LogP contribution in [-0.4, -0.2) is 28.9 Å². The number of pyridine rings is 1. The van der Waals surface area contributed by atoms with Gasteiger partial charge in [0, 0.05) is 29.8 Å².